The van der Waals surface area contributed by atoms with Crippen LogP contribution in [0.25, 0.3) is 11.1 Å². The third-order valence-electron chi connectivity index (χ3n) is 6.75. The molecule has 0 radical (unpaired) electrons. The van der Waals surface area contributed by atoms with E-state index in [1.165, 1.54) is 0 Å². The number of fused-ring (bicyclic) bond motifs is 3. The fraction of sp³-hybridized carbons (Fsp3) is 0.172. The third kappa shape index (κ3) is 3.67. The summed E-state index contributed by atoms with van der Waals surface area (Å²) >= 11 is 0. The summed E-state index contributed by atoms with van der Waals surface area (Å²) in [5.41, 5.74) is 3.33. The Kier molecular flexibility index (Phi) is 5.57. The number of hydrogen-bond donors (Lipinski definition) is 1. The lowest BCUT2D eigenvalue weighted by Crippen LogP contribution is -2.53. The van der Waals surface area contributed by atoms with Crippen molar-refractivity contribution in [2.45, 2.75) is 24.5 Å². The van der Waals surface area contributed by atoms with Crippen molar-refractivity contribution >= 4 is 7.32 Å². The molecule has 1 saturated heterocycles. The highest BCUT2D eigenvalue weighted by Crippen LogP contribution is 2.44. The zero-order chi connectivity index (χ0) is 22.8. The van der Waals surface area contributed by atoms with Crippen molar-refractivity contribution < 1.29 is 14.0 Å². The summed E-state index contributed by atoms with van der Waals surface area (Å²) in [7, 11) is -0.937. The van der Waals surface area contributed by atoms with Crippen LogP contribution in [0.2, 0.25) is 0 Å². The molecule has 168 valence electrons. The first kappa shape index (κ1) is 21.0. The summed E-state index contributed by atoms with van der Waals surface area (Å²) in [6.07, 6.45) is 2.08. The van der Waals surface area contributed by atoms with Gasteiger partial charge in [-0.2, -0.15) is 0 Å². The van der Waals surface area contributed by atoms with Crippen molar-refractivity contribution in [3.05, 3.63) is 120 Å². The van der Waals surface area contributed by atoms with Gasteiger partial charge in [-0.1, -0.05) is 97.1 Å². The molecule has 6 rings (SSSR count). The first-order chi connectivity index (χ1) is 16.8. The highest BCUT2D eigenvalue weighted by molar-refractivity contribution is 6.39. The van der Waals surface area contributed by atoms with E-state index in [0.29, 0.717) is 0 Å². The number of hydrogen-bond acceptors (Lipinski definition) is 4. The second kappa shape index (κ2) is 9.01. The topological polar surface area (TPSA) is 39.7 Å². The summed E-state index contributed by atoms with van der Waals surface area (Å²) in [4.78, 5) is 0. The summed E-state index contributed by atoms with van der Waals surface area (Å²) in [5.74, 6) is 1.48. The van der Waals surface area contributed by atoms with Crippen molar-refractivity contribution in [2.24, 2.45) is 0 Å². The summed E-state index contributed by atoms with van der Waals surface area (Å²) in [5, 5.41) is 3.70. The molecule has 0 aliphatic carbocycles. The van der Waals surface area contributed by atoms with E-state index in [2.05, 4.69) is 66.0 Å². The molecule has 1 atom stereocenters. The van der Waals surface area contributed by atoms with Gasteiger partial charge < -0.3 is 19.3 Å². The van der Waals surface area contributed by atoms with Gasteiger partial charge in [0, 0.05) is 17.2 Å². The zero-order valence-electron chi connectivity index (χ0n) is 18.9. The molecule has 0 saturated carbocycles. The molecule has 0 bridgehead atoms. The second-order valence-corrected chi connectivity index (χ2v) is 8.75. The predicted octanol–water partition coefficient (Wildman–Crippen LogP) is 5.82. The Hall–Kier alpha value is -3.54. The van der Waals surface area contributed by atoms with Crippen molar-refractivity contribution in [3.63, 3.8) is 0 Å². The molecule has 4 aromatic carbocycles. The maximum atomic E-state index is 7.02. The van der Waals surface area contributed by atoms with Crippen LogP contribution in [-0.2, 0) is 10.3 Å². The molecule has 1 unspecified atom stereocenters. The Morgan fingerprint density at radius 3 is 1.68 bits per heavy atom. The van der Waals surface area contributed by atoms with Crippen LogP contribution < -0.4 is 14.6 Å². The highest BCUT2D eigenvalue weighted by atomic mass is 16.7. The van der Waals surface area contributed by atoms with Crippen molar-refractivity contribution in [1.82, 2.24) is 5.32 Å². The fourth-order valence-corrected chi connectivity index (χ4v) is 5.21. The van der Waals surface area contributed by atoms with Gasteiger partial charge in [-0.15, -0.1) is 0 Å². The van der Waals surface area contributed by atoms with Gasteiger partial charge in [0.1, 0.15) is 17.1 Å². The summed E-state index contributed by atoms with van der Waals surface area (Å²) < 4.78 is 19.9. The second-order valence-electron chi connectivity index (χ2n) is 8.75. The lowest BCUT2D eigenvalue weighted by molar-refractivity contribution is 0.0293. The molecule has 2 heterocycles. The van der Waals surface area contributed by atoms with Crippen molar-refractivity contribution in [2.75, 3.05) is 6.54 Å². The number of para-hydroxylation sites is 2. The minimum atomic E-state index is -0.937. The Bertz CT molecular complexity index is 1170. The lowest BCUT2D eigenvalue weighted by atomic mass is 9.78. The SMILES string of the molecule is c1ccc(C(OB2Oc3ccccc3-c3ccccc3O2)(c2ccccc2)C2CCCN2)cc1. The largest absolute Gasteiger partial charge is 0.789 e. The summed E-state index contributed by atoms with van der Waals surface area (Å²) in [6.45, 7) is 0.952. The summed E-state index contributed by atoms with van der Waals surface area (Å²) in [6, 6.07) is 36.9. The number of benzene rings is 4. The third-order valence-corrected chi connectivity index (χ3v) is 6.75. The van der Waals surface area contributed by atoms with Crippen LogP contribution in [0.3, 0.4) is 0 Å². The van der Waals surface area contributed by atoms with E-state index >= 15 is 0 Å². The van der Waals surface area contributed by atoms with Gasteiger partial charge in [-0.25, -0.2) is 0 Å². The van der Waals surface area contributed by atoms with Gasteiger partial charge in [0.2, 0.25) is 0 Å². The normalized spacial score (nSPS) is 17.2. The molecule has 1 fully saturated rings. The van der Waals surface area contributed by atoms with E-state index in [4.69, 9.17) is 14.0 Å². The molecule has 4 aromatic rings. The molecular formula is C29H26BNO3. The first-order valence-corrected chi connectivity index (χ1v) is 11.9. The molecule has 2 aliphatic heterocycles. The van der Waals surface area contributed by atoms with Gasteiger partial charge in [0.05, 0.1) is 0 Å². The minimum absolute atomic E-state index is 0.0678. The smallest absolute Gasteiger partial charge is 0.500 e. The molecule has 5 heteroatoms. The van der Waals surface area contributed by atoms with Crippen molar-refractivity contribution in [3.8, 4) is 22.6 Å². The molecule has 0 aromatic heterocycles. The van der Waals surface area contributed by atoms with Crippen LogP contribution in [0.4, 0.5) is 0 Å². The lowest BCUT2D eigenvalue weighted by Gasteiger charge is -2.41. The average molecular weight is 447 g/mol. The average Bonchev–Trinajstić information content (AvgIpc) is 3.39. The van der Waals surface area contributed by atoms with E-state index in [9.17, 15) is 0 Å². The van der Waals surface area contributed by atoms with Gasteiger partial charge in [0.25, 0.3) is 0 Å². The number of rotatable bonds is 5. The Balaban J connectivity index is 1.50. The Labute approximate surface area is 200 Å². The van der Waals surface area contributed by atoms with E-state index in [-0.39, 0.29) is 6.04 Å². The molecule has 0 spiro atoms. The van der Waals surface area contributed by atoms with E-state index in [0.717, 1.165) is 53.1 Å². The zero-order valence-corrected chi connectivity index (χ0v) is 18.9. The van der Waals surface area contributed by atoms with E-state index in [1.54, 1.807) is 0 Å². The number of nitrogens with one attached hydrogen (secondary N) is 1. The molecule has 1 N–H and O–H groups in total. The fourth-order valence-electron chi connectivity index (χ4n) is 5.21. The Morgan fingerprint density at radius 1 is 0.676 bits per heavy atom. The minimum Gasteiger partial charge on any atom is -0.500 e. The molecule has 2 aliphatic rings. The molecule has 4 nitrogen and oxygen atoms in total. The van der Waals surface area contributed by atoms with Crippen LogP contribution in [0.15, 0.2) is 109 Å². The standard InChI is InChI=1S/C29H26BNO3/c1-3-12-22(13-4-1)29(28-20-11-21-31-28,23-14-5-2-6-15-23)34-30-32-26-18-9-7-16-24(26)25-17-8-10-19-27(25)33-30/h1-10,12-19,28,31H,11,20-21H2. The van der Waals surface area contributed by atoms with Gasteiger partial charge in [-0.05, 0) is 42.6 Å². The van der Waals surface area contributed by atoms with Gasteiger partial charge in [0.15, 0.2) is 0 Å². The predicted molar refractivity (Wildman–Crippen MR) is 135 cm³/mol. The molecule has 34 heavy (non-hydrogen) atoms. The maximum Gasteiger partial charge on any atom is 0.789 e. The monoisotopic (exact) mass is 447 g/mol. The van der Waals surface area contributed by atoms with Gasteiger partial charge >= 0.3 is 7.32 Å². The van der Waals surface area contributed by atoms with Crippen LogP contribution >= 0.6 is 0 Å². The van der Waals surface area contributed by atoms with Crippen LogP contribution in [0.1, 0.15) is 24.0 Å². The van der Waals surface area contributed by atoms with E-state index < -0.39 is 12.9 Å². The first-order valence-electron chi connectivity index (χ1n) is 11.9. The molecular weight excluding hydrogens is 421 g/mol. The maximum absolute atomic E-state index is 7.02. The highest BCUT2D eigenvalue weighted by Gasteiger charge is 2.50. The quantitative estimate of drug-likeness (QED) is 0.392. The van der Waals surface area contributed by atoms with Crippen LogP contribution in [0, 0.1) is 0 Å². The van der Waals surface area contributed by atoms with E-state index in [1.807, 2.05) is 48.5 Å². The van der Waals surface area contributed by atoms with Crippen LogP contribution in [-0.4, -0.2) is 19.9 Å². The van der Waals surface area contributed by atoms with Crippen molar-refractivity contribution in [1.29, 1.82) is 0 Å². The molecule has 0 amide bonds. The van der Waals surface area contributed by atoms with Crippen LogP contribution in [0.5, 0.6) is 11.5 Å². The van der Waals surface area contributed by atoms with Gasteiger partial charge in [-0.3, -0.25) is 0 Å². The Morgan fingerprint density at radius 2 is 1.18 bits per heavy atom.